The molecule has 1 aromatic carbocycles. The minimum Gasteiger partial charge on any atom is -0.0726 e. The minimum atomic E-state index is 0.425. The van der Waals surface area contributed by atoms with Gasteiger partial charge in [-0.1, -0.05) is 56.9 Å². The van der Waals surface area contributed by atoms with Gasteiger partial charge in [0.05, 0.1) is 0 Å². The summed E-state index contributed by atoms with van der Waals surface area (Å²) in [7, 11) is 0. The maximum absolute atomic E-state index is 3.32. The summed E-state index contributed by atoms with van der Waals surface area (Å²) in [6.07, 6.45) is 5.94. The monoisotopic (exact) mass is 238 g/mol. The molecule has 0 spiro atoms. The van der Waals surface area contributed by atoms with Gasteiger partial charge in [-0.2, -0.15) is 0 Å². The summed E-state index contributed by atoms with van der Waals surface area (Å²) in [6, 6.07) is 10.2. The Labute approximate surface area is 111 Å². The number of allylic oxidation sites excluding steroid dienone is 2. The lowest BCUT2D eigenvalue weighted by atomic mass is 9.73. The van der Waals surface area contributed by atoms with E-state index in [4.69, 9.17) is 0 Å². The average molecular weight is 238 g/mol. The van der Waals surface area contributed by atoms with E-state index in [2.05, 4.69) is 50.8 Å². The van der Waals surface area contributed by atoms with Gasteiger partial charge in [0.2, 0.25) is 0 Å². The molecule has 0 nitrogen and oxygen atoms in total. The van der Waals surface area contributed by atoms with Crippen molar-refractivity contribution < 1.29 is 0 Å². The molecule has 0 aromatic heterocycles. The zero-order chi connectivity index (χ0) is 13.0. The Morgan fingerprint density at radius 1 is 1.06 bits per heavy atom. The number of hydrogen-bond donors (Lipinski definition) is 0. The normalized spacial score (nSPS) is 19.7. The third-order valence-corrected chi connectivity index (χ3v) is 3.78. The Hall–Kier alpha value is -1.48. The molecular weight excluding hydrogens is 216 g/mol. The highest BCUT2D eigenvalue weighted by atomic mass is 14.3. The smallest absolute Gasteiger partial charge is 0.0248 e. The second kappa shape index (κ2) is 5.44. The lowest BCUT2D eigenvalue weighted by Crippen LogP contribution is -2.21. The standard InChI is InChI=1S/C18H22/c1-18(2,3)17-13-11-16(12-14-17)10-9-15-7-5-4-6-8-15/h4-8,11,17H,12-14H2,1-3H3. The lowest BCUT2D eigenvalue weighted by Gasteiger charge is -2.32. The molecule has 0 bridgehead atoms. The summed E-state index contributed by atoms with van der Waals surface area (Å²) in [5.74, 6) is 7.38. The van der Waals surface area contributed by atoms with Gasteiger partial charge in [-0.25, -0.2) is 0 Å². The lowest BCUT2D eigenvalue weighted by molar-refractivity contribution is 0.222. The van der Waals surface area contributed by atoms with E-state index in [0.29, 0.717) is 5.41 Å². The largest absolute Gasteiger partial charge is 0.0726 e. The van der Waals surface area contributed by atoms with E-state index >= 15 is 0 Å². The van der Waals surface area contributed by atoms with Gasteiger partial charge >= 0.3 is 0 Å². The predicted molar refractivity (Wildman–Crippen MR) is 78.2 cm³/mol. The third kappa shape index (κ3) is 3.50. The Kier molecular flexibility index (Phi) is 3.92. The van der Waals surface area contributed by atoms with Crippen molar-refractivity contribution in [3.05, 3.63) is 47.5 Å². The fraction of sp³-hybridized carbons (Fsp3) is 0.444. The summed E-state index contributed by atoms with van der Waals surface area (Å²) in [4.78, 5) is 0. The van der Waals surface area contributed by atoms with Crippen LogP contribution in [0.4, 0.5) is 0 Å². The van der Waals surface area contributed by atoms with Crippen molar-refractivity contribution >= 4 is 0 Å². The number of benzene rings is 1. The maximum Gasteiger partial charge on any atom is 0.0248 e. The number of rotatable bonds is 0. The fourth-order valence-corrected chi connectivity index (χ4v) is 2.41. The first-order valence-electron chi connectivity index (χ1n) is 6.82. The van der Waals surface area contributed by atoms with Gasteiger partial charge in [0, 0.05) is 5.56 Å². The van der Waals surface area contributed by atoms with E-state index in [0.717, 1.165) is 17.9 Å². The van der Waals surface area contributed by atoms with E-state index in [9.17, 15) is 0 Å². The highest BCUT2D eigenvalue weighted by molar-refractivity contribution is 5.40. The molecule has 0 amide bonds. The van der Waals surface area contributed by atoms with Gasteiger partial charge in [0.15, 0.2) is 0 Å². The Morgan fingerprint density at radius 3 is 2.33 bits per heavy atom. The van der Waals surface area contributed by atoms with Crippen LogP contribution in [-0.2, 0) is 0 Å². The maximum atomic E-state index is 3.32. The van der Waals surface area contributed by atoms with Crippen LogP contribution in [0, 0.1) is 23.2 Å². The first-order chi connectivity index (χ1) is 8.55. The van der Waals surface area contributed by atoms with Crippen LogP contribution in [0.5, 0.6) is 0 Å². The van der Waals surface area contributed by atoms with Crippen LogP contribution in [0.3, 0.4) is 0 Å². The van der Waals surface area contributed by atoms with Crippen LogP contribution in [0.1, 0.15) is 45.6 Å². The van der Waals surface area contributed by atoms with Crippen molar-refractivity contribution in [2.24, 2.45) is 11.3 Å². The SMILES string of the molecule is CC(C)(C)C1CC=C(C#Cc2ccccc2)CC1. The molecule has 0 saturated carbocycles. The highest BCUT2D eigenvalue weighted by Gasteiger charge is 2.25. The number of hydrogen-bond acceptors (Lipinski definition) is 0. The van der Waals surface area contributed by atoms with Gasteiger partial charge in [-0.3, -0.25) is 0 Å². The fourth-order valence-electron chi connectivity index (χ4n) is 2.41. The summed E-state index contributed by atoms with van der Waals surface area (Å²) >= 11 is 0. The third-order valence-electron chi connectivity index (χ3n) is 3.78. The minimum absolute atomic E-state index is 0.425. The molecule has 0 N–H and O–H groups in total. The molecule has 1 atom stereocenters. The van der Waals surface area contributed by atoms with Crippen LogP contribution in [0.15, 0.2) is 42.0 Å². The van der Waals surface area contributed by atoms with Crippen molar-refractivity contribution in [2.45, 2.75) is 40.0 Å². The first kappa shape index (κ1) is 13.0. The van der Waals surface area contributed by atoms with Crippen LogP contribution < -0.4 is 0 Å². The molecule has 0 aliphatic heterocycles. The topological polar surface area (TPSA) is 0 Å². The highest BCUT2D eigenvalue weighted by Crippen LogP contribution is 2.36. The van der Waals surface area contributed by atoms with E-state index in [1.807, 2.05) is 18.2 Å². The predicted octanol–water partition coefficient (Wildman–Crippen LogP) is 4.81. The molecule has 1 unspecified atom stereocenters. The van der Waals surface area contributed by atoms with Gasteiger partial charge in [-0.15, -0.1) is 0 Å². The molecule has 94 valence electrons. The summed E-state index contributed by atoms with van der Waals surface area (Å²) in [5.41, 5.74) is 2.85. The van der Waals surface area contributed by atoms with Gasteiger partial charge in [0.25, 0.3) is 0 Å². The molecule has 1 aliphatic carbocycles. The van der Waals surface area contributed by atoms with Crippen LogP contribution >= 0.6 is 0 Å². The zero-order valence-corrected chi connectivity index (χ0v) is 11.7. The quantitative estimate of drug-likeness (QED) is 0.569. The Bertz CT molecular complexity index is 474. The van der Waals surface area contributed by atoms with Crippen molar-refractivity contribution in [1.82, 2.24) is 0 Å². The van der Waals surface area contributed by atoms with Gasteiger partial charge in [0.1, 0.15) is 0 Å². The summed E-state index contributed by atoms with van der Waals surface area (Å²) in [6.45, 7) is 7.02. The molecular formula is C18H22. The first-order valence-corrected chi connectivity index (χ1v) is 6.82. The molecule has 2 rings (SSSR count). The van der Waals surface area contributed by atoms with E-state index in [1.165, 1.54) is 18.4 Å². The van der Waals surface area contributed by atoms with Crippen molar-refractivity contribution in [3.8, 4) is 11.8 Å². The van der Waals surface area contributed by atoms with Gasteiger partial charge in [-0.05, 0) is 48.3 Å². The van der Waals surface area contributed by atoms with Crippen molar-refractivity contribution in [2.75, 3.05) is 0 Å². The average Bonchev–Trinajstić information content (AvgIpc) is 2.37. The molecule has 0 fully saturated rings. The van der Waals surface area contributed by atoms with Crippen molar-refractivity contribution in [1.29, 1.82) is 0 Å². The molecule has 0 saturated heterocycles. The summed E-state index contributed by atoms with van der Waals surface area (Å²) in [5, 5.41) is 0. The van der Waals surface area contributed by atoms with Crippen LogP contribution in [0.2, 0.25) is 0 Å². The second-order valence-corrected chi connectivity index (χ2v) is 6.18. The zero-order valence-electron chi connectivity index (χ0n) is 11.7. The van der Waals surface area contributed by atoms with E-state index < -0.39 is 0 Å². The molecule has 0 heteroatoms. The summed E-state index contributed by atoms with van der Waals surface area (Å²) < 4.78 is 0. The Balaban J connectivity index is 2.02. The van der Waals surface area contributed by atoms with E-state index in [-0.39, 0.29) is 0 Å². The molecule has 1 aromatic rings. The molecule has 0 heterocycles. The van der Waals surface area contributed by atoms with Crippen LogP contribution in [0.25, 0.3) is 0 Å². The molecule has 0 radical (unpaired) electrons. The Morgan fingerprint density at radius 2 is 1.78 bits per heavy atom. The molecule has 18 heavy (non-hydrogen) atoms. The van der Waals surface area contributed by atoms with Crippen LogP contribution in [-0.4, -0.2) is 0 Å². The van der Waals surface area contributed by atoms with E-state index in [1.54, 1.807) is 0 Å². The van der Waals surface area contributed by atoms with Crippen molar-refractivity contribution in [3.63, 3.8) is 0 Å². The van der Waals surface area contributed by atoms with Gasteiger partial charge < -0.3 is 0 Å². The molecule has 1 aliphatic rings. The second-order valence-electron chi connectivity index (χ2n) is 6.18.